The first-order valence-corrected chi connectivity index (χ1v) is 5.76. The fourth-order valence-corrected chi connectivity index (χ4v) is 1.47. The Labute approximate surface area is 105 Å². The molecule has 0 bridgehead atoms. The van der Waals surface area contributed by atoms with Crippen molar-refractivity contribution in [2.24, 2.45) is 0 Å². The molecule has 1 N–H and O–H groups in total. The highest BCUT2D eigenvalue weighted by Crippen LogP contribution is 2.07. The van der Waals surface area contributed by atoms with E-state index in [0.717, 1.165) is 0 Å². The molecule has 0 saturated heterocycles. The SMILES string of the molecule is CCNC(=O)CN(CC)C(=O)c1cccnc1F. The summed E-state index contributed by atoms with van der Waals surface area (Å²) in [6, 6.07) is 2.83. The van der Waals surface area contributed by atoms with Gasteiger partial charge in [0.2, 0.25) is 11.9 Å². The Morgan fingerprint density at radius 3 is 2.72 bits per heavy atom. The van der Waals surface area contributed by atoms with Crippen LogP contribution in [-0.4, -0.2) is 41.3 Å². The summed E-state index contributed by atoms with van der Waals surface area (Å²) < 4.78 is 13.4. The Balaban J connectivity index is 2.80. The third-order valence-corrected chi connectivity index (χ3v) is 2.37. The molecule has 0 saturated carbocycles. The predicted molar refractivity (Wildman–Crippen MR) is 64.5 cm³/mol. The minimum atomic E-state index is -0.822. The first-order valence-electron chi connectivity index (χ1n) is 5.76. The Bertz CT molecular complexity index is 437. The third kappa shape index (κ3) is 3.51. The maximum absolute atomic E-state index is 13.4. The van der Waals surface area contributed by atoms with E-state index in [1.807, 2.05) is 0 Å². The molecule has 0 aliphatic rings. The van der Waals surface area contributed by atoms with Crippen LogP contribution in [0.3, 0.4) is 0 Å². The molecule has 1 aromatic heterocycles. The molecule has 0 aliphatic carbocycles. The summed E-state index contributed by atoms with van der Waals surface area (Å²) in [6.07, 6.45) is 1.27. The molecule has 0 fully saturated rings. The van der Waals surface area contributed by atoms with Crippen molar-refractivity contribution in [1.29, 1.82) is 0 Å². The molecule has 6 heteroatoms. The third-order valence-electron chi connectivity index (χ3n) is 2.37. The van der Waals surface area contributed by atoms with E-state index in [-0.39, 0.29) is 18.0 Å². The minimum Gasteiger partial charge on any atom is -0.355 e. The van der Waals surface area contributed by atoms with E-state index < -0.39 is 11.9 Å². The zero-order valence-electron chi connectivity index (χ0n) is 10.4. The second kappa shape index (κ2) is 6.68. The van der Waals surface area contributed by atoms with Crippen molar-refractivity contribution in [2.45, 2.75) is 13.8 Å². The molecule has 1 aromatic rings. The number of hydrogen-bond donors (Lipinski definition) is 1. The summed E-state index contributed by atoms with van der Waals surface area (Å²) in [5.41, 5.74) is -0.122. The number of amides is 2. The summed E-state index contributed by atoms with van der Waals surface area (Å²) in [4.78, 5) is 28.1. The van der Waals surface area contributed by atoms with Crippen LogP contribution in [0.4, 0.5) is 4.39 Å². The zero-order valence-corrected chi connectivity index (χ0v) is 10.4. The Morgan fingerprint density at radius 2 is 2.17 bits per heavy atom. The van der Waals surface area contributed by atoms with Gasteiger partial charge in [0.25, 0.3) is 5.91 Å². The number of nitrogens with zero attached hydrogens (tertiary/aromatic N) is 2. The van der Waals surface area contributed by atoms with Gasteiger partial charge >= 0.3 is 0 Å². The number of aromatic nitrogens is 1. The highest BCUT2D eigenvalue weighted by Gasteiger charge is 2.20. The summed E-state index contributed by atoms with van der Waals surface area (Å²) in [5, 5.41) is 2.59. The number of halogens is 1. The van der Waals surface area contributed by atoms with E-state index in [4.69, 9.17) is 0 Å². The number of carbonyl (C=O) groups is 2. The van der Waals surface area contributed by atoms with E-state index in [0.29, 0.717) is 13.1 Å². The summed E-state index contributed by atoms with van der Waals surface area (Å²) >= 11 is 0. The van der Waals surface area contributed by atoms with Gasteiger partial charge in [0, 0.05) is 19.3 Å². The lowest BCUT2D eigenvalue weighted by atomic mass is 10.2. The lowest BCUT2D eigenvalue weighted by Gasteiger charge is -2.20. The van der Waals surface area contributed by atoms with Crippen molar-refractivity contribution in [2.75, 3.05) is 19.6 Å². The maximum atomic E-state index is 13.4. The molecular weight excluding hydrogens is 237 g/mol. The highest BCUT2D eigenvalue weighted by molar-refractivity contribution is 5.96. The summed E-state index contributed by atoms with van der Waals surface area (Å²) in [5.74, 6) is -1.62. The molecule has 0 radical (unpaired) electrons. The summed E-state index contributed by atoms with van der Waals surface area (Å²) in [6.45, 7) is 4.25. The van der Waals surface area contributed by atoms with Gasteiger partial charge in [-0.2, -0.15) is 4.39 Å². The van der Waals surface area contributed by atoms with Gasteiger partial charge in [-0.3, -0.25) is 9.59 Å². The molecule has 1 rings (SSSR count). The topological polar surface area (TPSA) is 62.3 Å². The lowest BCUT2D eigenvalue weighted by molar-refractivity contribution is -0.121. The smallest absolute Gasteiger partial charge is 0.258 e. The van der Waals surface area contributed by atoms with E-state index in [1.54, 1.807) is 13.8 Å². The molecule has 98 valence electrons. The van der Waals surface area contributed by atoms with E-state index in [1.165, 1.54) is 23.2 Å². The van der Waals surface area contributed by atoms with Crippen molar-refractivity contribution >= 4 is 11.8 Å². The van der Waals surface area contributed by atoms with Crippen LogP contribution >= 0.6 is 0 Å². The second-order valence-corrected chi connectivity index (χ2v) is 3.61. The Morgan fingerprint density at radius 1 is 1.44 bits per heavy atom. The number of rotatable bonds is 5. The van der Waals surface area contributed by atoms with E-state index >= 15 is 0 Å². The van der Waals surface area contributed by atoms with Gasteiger partial charge in [0.1, 0.15) is 0 Å². The van der Waals surface area contributed by atoms with Gasteiger partial charge in [-0.1, -0.05) is 0 Å². The molecule has 0 aliphatic heterocycles. The van der Waals surface area contributed by atoms with E-state index in [2.05, 4.69) is 10.3 Å². The fraction of sp³-hybridized carbons (Fsp3) is 0.417. The van der Waals surface area contributed by atoms with Crippen molar-refractivity contribution in [3.8, 4) is 0 Å². The van der Waals surface area contributed by atoms with Gasteiger partial charge in [-0.25, -0.2) is 4.98 Å². The van der Waals surface area contributed by atoms with Gasteiger partial charge in [0.05, 0.1) is 12.1 Å². The monoisotopic (exact) mass is 253 g/mol. The normalized spacial score (nSPS) is 9.94. The fourth-order valence-electron chi connectivity index (χ4n) is 1.47. The number of nitrogens with one attached hydrogen (secondary N) is 1. The minimum absolute atomic E-state index is 0.0858. The van der Waals surface area contributed by atoms with E-state index in [9.17, 15) is 14.0 Å². The van der Waals surface area contributed by atoms with Crippen LogP contribution in [0.15, 0.2) is 18.3 Å². The second-order valence-electron chi connectivity index (χ2n) is 3.61. The van der Waals surface area contributed by atoms with Crippen LogP contribution in [-0.2, 0) is 4.79 Å². The first kappa shape index (κ1) is 14.1. The van der Waals surface area contributed by atoms with Crippen LogP contribution in [0.25, 0.3) is 0 Å². The maximum Gasteiger partial charge on any atom is 0.258 e. The number of likely N-dealkylation sites (N-methyl/N-ethyl adjacent to an activating group) is 2. The lowest BCUT2D eigenvalue weighted by Crippen LogP contribution is -2.40. The van der Waals surface area contributed by atoms with Gasteiger partial charge in [-0.05, 0) is 26.0 Å². The number of pyridine rings is 1. The molecular formula is C12H16FN3O2. The molecule has 2 amide bonds. The van der Waals surface area contributed by atoms with Crippen molar-refractivity contribution in [1.82, 2.24) is 15.2 Å². The van der Waals surface area contributed by atoms with Gasteiger partial charge in [-0.15, -0.1) is 0 Å². The van der Waals surface area contributed by atoms with Crippen LogP contribution in [0.5, 0.6) is 0 Å². The molecule has 1 heterocycles. The standard InChI is InChI=1S/C12H16FN3O2/c1-3-14-10(17)8-16(4-2)12(18)9-6-5-7-15-11(9)13/h5-7H,3-4,8H2,1-2H3,(H,14,17). The molecule has 0 atom stereocenters. The van der Waals surface area contributed by atoms with Crippen molar-refractivity contribution in [3.63, 3.8) is 0 Å². The highest BCUT2D eigenvalue weighted by atomic mass is 19.1. The summed E-state index contributed by atoms with van der Waals surface area (Å²) in [7, 11) is 0. The van der Waals surface area contributed by atoms with Crippen LogP contribution in [0.1, 0.15) is 24.2 Å². The Hall–Kier alpha value is -1.98. The quantitative estimate of drug-likeness (QED) is 0.790. The first-order chi connectivity index (χ1) is 8.60. The predicted octanol–water partition coefficient (Wildman–Crippen LogP) is 0.819. The average Bonchev–Trinajstić information content (AvgIpc) is 2.36. The Kier molecular flexibility index (Phi) is 5.23. The van der Waals surface area contributed by atoms with Gasteiger partial charge in [0.15, 0.2) is 0 Å². The molecule has 18 heavy (non-hydrogen) atoms. The zero-order chi connectivity index (χ0) is 13.5. The molecule has 0 spiro atoms. The van der Waals surface area contributed by atoms with Crippen LogP contribution in [0.2, 0.25) is 0 Å². The molecule has 0 aromatic carbocycles. The number of carbonyl (C=O) groups excluding carboxylic acids is 2. The van der Waals surface area contributed by atoms with Crippen LogP contribution in [0, 0.1) is 5.95 Å². The molecule has 0 unspecified atom stereocenters. The van der Waals surface area contributed by atoms with Crippen molar-refractivity contribution in [3.05, 3.63) is 29.8 Å². The molecule has 5 nitrogen and oxygen atoms in total. The van der Waals surface area contributed by atoms with Crippen LogP contribution < -0.4 is 5.32 Å². The average molecular weight is 253 g/mol. The number of hydrogen-bond acceptors (Lipinski definition) is 3. The largest absolute Gasteiger partial charge is 0.355 e. The van der Waals surface area contributed by atoms with Gasteiger partial charge < -0.3 is 10.2 Å². The van der Waals surface area contributed by atoms with Crippen molar-refractivity contribution < 1.29 is 14.0 Å².